The molecule has 1 atom stereocenters. The number of nitrogens with zero attached hydrogens (tertiary/aromatic N) is 2. The predicted octanol–water partition coefficient (Wildman–Crippen LogP) is 2.42. The van der Waals surface area contributed by atoms with Gasteiger partial charge < -0.3 is 4.74 Å². The van der Waals surface area contributed by atoms with Gasteiger partial charge in [-0.05, 0) is 13.3 Å². The molecule has 0 bridgehead atoms. The molecule has 1 aliphatic rings. The van der Waals surface area contributed by atoms with Crippen LogP contribution in [-0.2, 0) is 9.53 Å². The molecule has 0 aromatic heterocycles. The molecule has 0 spiro atoms. The number of azo groups is 1. The summed E-state index contributed by atoms with van der Waals surface area (Å²) in [5, 5.41) is 7.67. The van der Waals surface area contributed by atoms with Crippen molar-refractivity contribution in [2.24, 2.45) is 10.2 Å². The first-order valence-electron chi connectivity index (χ1n) is 4.40. The maximum atomic E-state index is 11.2. The van der Waals surface area contributed by atoms with Crippen molar-refractivity contribution >= 4 is 5.97 Å². The lowest BCUT2D eigenvalue weighted by Gasteiger charge is -2.16. The highest BCUT2D eigenvalue weighted by molar-refractivity contribution is 5.70. The van der Waals surface area contributed by atoms with Crippen LogP contribution in [0.25, 0.3) is 0 Å². The normalized spacial score (nSPS) is 25.9. The first kappa shape index (κ1) is 9.89. The average molecular weight is 182 g/mol. The smallest absolute Gasteiger partial charge is 0.308 e. The molecule has 13 heavy (non-hydrogen) atoms. The molecule has 0 fully saturated rings. The molecule has 0 saturated heterocycles. The lowest BCUT2D eigenvalue weighted by Crippen LogP contribution is -2.25. The summed E-state index contributed by atoms with van der Waals surface area (Å²) in [5.41, 5.74) is -0.0807. The van der Waals surface area contributed by atoms with E-state index in [9.17, 15) is 4.79 Å². The largest absolute Gasteiger partial charge is 0.432 e. The Morgan fingerprint density at radius 3 is 2.85 bits per heavy atom. The van der Waals surface area contributed by atoms with Crippen LogP contribution in [0.1, 0.15) is 33.6 Å². The van der Waals surface area contributed by atoms with Gasteiger partial charge in [0.15, 0.2) is 0 Å². The van der Waals surface area contributed by atoms with Crippen molar-refractivity contribution in [1.82, 2.24) is 0 Å². The van der Waals surface area contributed by atoms with Gasteiger partial charge in [-0.15, -0.1) is 5.11 Å². The van der Waals surface area contributed by atoms with Crippen LogP contribution in [0.15, 0.2) is 22.0 Å². The molecule has 1 aliphatic heterocycles. The fourth-order valence-corrected chi connectivity index (χ4v) is 1.16. The van der Waals surface area contributed by atoms with E-state index in [1.54, 1.807) is 13.0 Å². The summed E-state index contributed by atoms with van der Waals surface area (Å²) in [6, 6.07) is 0. The van der Waals surface area contributed by atoms with Crippen LogP contribution in [0, 0.1) is 0 Å². The number of carbonyl (C=O) groups excluding carboxylic acids is 1. The van der Waals surface area contributed by atoms with Gasteiger partial charge in [0.05, 0.1) is 5.70 Å². The maximum absolute atomic E-state index is 11.2. The summed E-state index contributed by atoms with van der Waals surface area (Å²) in [5.74, 6) is -0.227. The number of allylic oxidation sites excluding steroid dienone is 1. The number of esters is 1. The minimum absolute atomic E-state index is 0.227. The molecule has 0 aromatic carbocycles. The minimum atomic E-state index is -0.865. The Kier molecular flexibility index (Phi) is 2.80. The van der Waals surface area contributed by atoms with Gasteiger partial charge in [0.2, 0.25) is 5.72 Å². The number of hydrogen-bond donors (Lipinski definition) is 0. The van der Waals surface area contributed by atoms with Crippen LogP contribution in [-0.4, -0.2) is 11.7 Å². The zero-order valence-electron chi connectivity index (χ0n) is 8.20. The van der Waals surface area contributed by atoms with Crippen LogP contribution in [0.2, 0.25) is 0 Å². The predicted molar refractivity (Wildman–Crippen MR) is 48.0 cm³/mol. The Morgan fingerprint density at radius 2 is 2.38 bits per heavy atom. The molecule has 0 N–H and O–H groups in total. The van der Waals surface area contributed by atoms with Gasteiger partial charge in [0.25, 0.3) is 0 Å². The topological polar surface area (TPSA) is 51.0 Å². The van der Waals surface area contributed by atoms with Crippen LogP contribution >= 0.6 is 0 Å². The van der Waals surface area contributed by atoms with Gasteiger partial charge in [-0.25, -0.2) is 0 Å². The zero-order valence-corrected chi connectivity index (χ0v) is 8.20. The van der Waals surface area contributed by atoms with Crippen LogP contribution in [0.4, 0.5) is 0 Å². The first-order chi connectivity index (χ1) is 6.06. The van der Waals surface area contributed by atoms with Crippen molar-refractivity contribution in [3.8, 4) is 0 Å². The summed E-state index contributed by atoms with van der Waals surface area (Å²) in [6.07, 6.45) is 2.95. The van der Waals surface area contributed by atoms with Crippen LogP contribution in [0.3, 0.4) is 0 Å². The Bertz CT molecular complexity index is 271. The Labute approximate surface area is 77.7 Å². The van der Waals surface area contributed by atoms with Gasteiger partial charge in [-0.2, -0.15) is 5.11 Å². The van der Waals surface area contributed by atoms with Gasteiger partial charge in [-0.1, -0.05) is 6.92 Å². The minimum Gasteiger partial charge on any atom is -0.432 e. The molecule has 4 nitrogen and oxygen atoms in total. The molecule has 0 aliphatic carbocycles. The van der Waals surface area contributed by atoms with Crippen molar-refractivity contribution in [3.05, 3.63) is 11.8 Å². The SMILES string of the molecule is CCCC(=O)OC1(C)C=C(C)N=N1. The zero-order chi connectivity index (χ0) is 9.90. The van der Waals surface area contributed by atoms with E-state index in [1.165, 1.54) is 0 Å². The van der Waals surface area contributed by atoms with Gasteiger partial charge in [0, 0.05) is 19.4 Å². The summed E-state index contributed by atoms with van der Waals surface area (Å²) >= 11 is 0. The number of carbonyl (C=O) groups is 1. The van der Waals surface area contributed by atoms with Crippen molar-refractivity contribution < 1.29 is 9.53 Å². The molecule has 0 saturated carbocycles. The second-order valence-corrected chi connectivity index (χ2v) is 3.26. The molecule has 0 aromatic rings. The third kappa shape index (κ3) is 2.65. The number of ether oxygens (including phenoxy) is 1. The van der Waals surface area contributed by atoms with Crippen LogP contribution < -0.4 is 0 Å². The number of hydrogen-bond acceptors (Lipinski definition) is 4. The van der Waals surface area contributed by atoms with E-state index >= 15 is 0 Å². The molecule has 1 rings (SSSR count). The maximum Gasteiger partial charge on any atom is 0.308 e. The average Bonchev–Trinajstić information content (AvgIpc) is 2.30. The molecule has 1 heterocycles. The van der Waals surface area contributed by atoms with Crippen molar-refractivity contribution in [2.45, 2.75) is 39.3 Å². The van der Waals surface area contributed by atoms with E-state index in [1.807, 2.05) is 13.8 Å². The standard InChI is InChI=1S/C9H14N2O2/c1-4-5-8(12)13-9(3)6-7(2)10-11-9/h6H,4-5H2,1-3H3. The van der Waals surface area contributed by atoms with E-state index in [0.29, 0.717) is 6.42 Å². The lowest BCUT2D eigenvalue weighted by atomic mass is 10.2. The number of rotatable bonds is 3. The third-order valence-electron chi connectivity index (χ3n) is 1.66. The molecular formula is C9H14N2O2. The van der Waals surface area contributed by atoms with E-state index < -0.39 is 5.72 Å². The highest BCUT2D eigenvalue weighted by Crippen LogP contribution is 2.25. The molecule has 0 amide bonds. The van der Waals surface area contributed by atoms with Crippen molar-refractivity contribution in [3.63, 3.8) is 0 Å². The van der Waals surface area contributed by atoms with E-state index in [4.69, 9.17) is 4.74 Å². The third-order valence-corrected chi connectivity index (χ3v) is 1.66. The van der Waals surface area contributed by atoms with Gasteiger partial charge in [0.1, 0.15) is 0 Å². The fourth-order valence-electron chi connectivity index (χ4n) is 1.16. The van der Waals surface area contributed by atoms with E-state index in [-0.39, 0.29) is 5.97 Å². The molecule has 1 unspecified atom stereocenters. The van der Waals surface area contributed by atoms with E-state index in [0.717, 1.165) is 12.1 Å². The highest BCUT2D eigenvalue weighted by atomic mass is 16.6. The summed E-state index contributed by atoms with van der Waals surface area (Å²) < 4.78 is 5.13. The Hall–Kier alpha value is -1.19. The first-order valence-corrected chi connectivity index (χ1v) is 4.40. The second-order valence-electron chi connectivity index (χ2n) is 3.26. The molecule has 4 heteroatoms. The fraction of sp³-hybridized carbons (Fsp3) is 0.667. The second kappa shape index (κ2) is 3.68. The summed E-state index contributed by atoms with van der Waals surface area (Å²) in [6.45, 7) is 5.48. The van der Waals surface area contributed by atoms with Gasteiger partial charge >= 0.3 is 5.97 Å². The van der Waals surface area contributed by atoms with Crippen molar-refractivity contribution in [2.75, 3.05) is 0 Å². The Balaban J connectivity index is 2.54. The molecule has 0 radical (unpaired) electrons. The van der Waals surface area contributed by atoms with Crippen LogP contribution in [0.5, 0.6) is 0 Å². The monoisotopic (exact) mass is 182 g/mol. The quantitative estimate of drug-likeness (QED) is 0.629. The van der Waals surface area contributed by atoms with E-state index in [2.05, 4.69) is 10.2 Å². The molecular weight excluding hydrogens is 168 g/mol. The van der Waals surface area contributed by atoms with Gasteiger partial charge in [-0.3, -0.25) is 4.79 Å². The summed E-state index contributed by atoms with van der Waals surface area (Å²) in [4.78, 5) is 11.2. The van der Waals surface area contributed by atoms with Crippen molar-refractivity contribution in [1.29, 1.82) is 0 Å². The highest BCUT2D eigenvalue weighted by Gasteiger charge is 2.29. The lowest BCUT2D eigenvalue weighted by molar-refractivity contribution is -0.153. The summed E-state index contributed by atoms with van der Waals surface area (Å²) in [7, 11) is 0. The Morgan fingerprint density at radius 1 is 1.69 bits per heavy atom. The molecule has 72 valence electrons.